The van der Waals surface area contributed by atoms with Crippen molar-refractivity contribution in [2.75, 3.05) is 13.7 Å². The Morgan fingerprint density at radius 1 is 1.32 bits per heavy atom. The molecule has 1 N–H and O–H groups in total. The first-order chi connectivity index (χ1) is 8.60. The van der Waals surface area contributed by atoms with Crippen molar-refractivity contribution in [3.8, 4) is 0 Å². The molecule has 0 aliphatic carbocycles. The molecule has 0 aromatic rings. The van der Waals surface area contributed by atoms with Gasteiger partial charge in [-0.3, -0.25) is 0 Å². The van der Waals surface area contributed by atoms with E-state index in [4.69, 9.17) is 4.43 Å². The Bertz CT molecular complexity index is 340. The summed E-state index contributed by atoms with van der Waals surface area (Å²) < 4.78 is 10.3. The van der Waals surface area contributed by atoms with E-state index in [1.54, 1.807) is 12.2 Å². The van der Waals surface area contributed by atoms with Crippen molar-refractivity contribution >= 4 is 14.3 Å². The third-order valence-electron chi connectivity index (χ3n) is 3.30. The first kappa shape index (κ1) is 18.1. The van der Waals surface area contributed by atoms with Crippen LogP contribution in [-0.4, -0.2) is 39.2 Å². The minimum atomic E-state index is -1.82. The van der Waals surface area contributed by atoms with Crippen LogP contribution in [0.3, 0.4) is 0 Å². The molecule has 0 rings (SSSR count). The van der Waals surface area contributed by atoms with Gasteiger partial charge in [0.1, 0.15) is 0 Å². The Morgan fingerprint density at radius 2 is 1.89 bits per heavy atom. The van der Waals surface area contributed by atoms with Crippen LogP contribution in [0, 0.1) is 0 Å². The van der Waals surface area contributed by atoms with Gasteiger partial charge in [0.2, 0.25) is 0 Å². The fraction of sp³-hybridized carbons (Fsp3) is 0.643. The van der Waals surface area contributed by atoms with Crippen molar-refractivity contribution in [2.45, 2.75) is 45.0 Å². The van der Waals surface area contributed by atoms with Gasteiger partial charge < -0.3 is 14.3 Å². The van der Waals surface area contributed by atoms with Crippen LogP contribution < -0.4 is 0 Å². The minimum Gasteiger partial charge on any atom is -0.466 e. The minimum absolute atomic E-state index is 0.126. The van der Waals surface area contributed by atoms with E-state index in [9.17, 15) is 9.90 Å². The number of hydrogen-bond donors (Lipinski definition) is 1. The lowest BCUT2D eigenvalue weighted by atomic mass is 10.2. The van der Waals surface area contributed by atoms with Gasteiger partial charge >= 0.3 is 5.97 Å². The van der Waals surface area contributed by atoms with Crippen LogP contribution in [0.1, 0.15) is 20.8 Å². The number of esters is 1. The topological polar surface area (TPSA) is 55.8 Å². The van der Waals surface area contributed by atoms with Gasteiger partial charge in [0, 0.05) is 6.08 Å². The summed E-state index contributed by atoms with van der Waals surface area (Å²) in [6.45, 7) is 11.0. The number of carbonyl (C=O) groups excluding carboxylic acids is 1. The van der Waals surface area contributed by atoms with Crippen LogP contribution in [-0.2, 0) is 14.0 Å². The van der Waals surface area contributed by atoms with Gasteiger partial charge in [-0.2, -0.15) is 0 Å². The van der Waals surface area contributed by atoms with Gasteiger partial charge in [-0.1, -0.05) is 39.0 Å². The molecule has 0 amide bonds. The number of rotatable bonds is 6. The Morgan fingerprint density at radius 3 is 2.37 bits per heavy atom. The molecule has 0 radical (unpaired) electrons. The second kappa shape index (κ2) is 7.62. The van der Waals surface area contributed by atoms with Gasteiger partial charge in [0.25, 0.3) is 0 Å². The zero-order chi connectivity index (χ0) is 15.1. The fourth-order valence-corrected chi connectivity index (χ4v) is 1.98. The molecule has 0 saturated carbocycles. The van der Waals surface area contributed by atoms with Crippen molar-refractivity contribution in [2.24, 2.45) is 0 Å². The molecule has 0 aliphatic rings. The maximum absolute atomic E-state index is 10.8. The molecule has 0 aliphatic heterocycles. The SMILES string of the molecule is COC(=O)/C=C/C=C/[C@H](O)CO[Si](C)(C)C(C)(C)C. The summed E-state index contributed by atoms with van der Waals surface area (Å²) in [7, 11) is -0.507. The van der Waals surface area contributed by atoms with Crippen molar-refractivity contribution < 1.29 is 19.1 Å². The first-order valence-electron chi connectivity index (χ1n) is 6.35. The molecular weight excluding hydrogens is 260 g/mol. The van der Waals surface area contributed by atoms with E-state index in [1.165, 1.54) is 19.3 Å². The van der Waals surface area contributed by atoms with E-state index in [0.29, 0.717) is 0 Å². The molecule has 0 aromatic heterocycles. The second-order valence-electron chi connectivity index (χ2n) is 5.91. The number of allylic oxidation sites excluding steroid dienone is 2. The van der Waals surface area contributed by atoms with Gasteiger partial charge in [-0.05, 0) is 18.1 Å². The molecule has 0 fully saturated rings. The van der Waals surface area contributed by atoms with Crippen molar-refractivity contribution in [3.05, 3.63) is 24.3 Å². The molecule has 19 heavy (non-hydrogen) atoms. The highest BCUT2D eigenvalue weighted by Gasteiger charge is 2.37. The average molecular weight is 286 g/mol. The zero-order valence-electron chi connectivity index (χ0n) is 12.8. The average Bonchev–Trinajstić information content (AvgIpc) is 2.30. The van der Waals surface area contributed by atoms with E-state index in [-0.39, 0.29) is 11.6 Å². The monoisotopic (exact) mass is 286 g/mol. The maximum Gasteiger partial charge on any atom is 0.330 e. The lowest BCUT2D eigenvalue weighted by Crippen LogP contribution is -2.42. The maximum atomic E-state index is 10.8. The molecule has 110 valence electrons. The largest absolute Gasteiger partial charge is 0.466 e. The summed E-state index contributed by atoms with van der Waals surface area (Å²) in [6.07, 6.45) is 5.35. The Balaban J connectivity index is 4.20. The molecule has 0 spiro atoms. The summed E-state index contributed by atoms with van der Waals surface area (Å²) in [5.41, 5.74) is 0. The van der Waals surface area contributed by atoms with Crippen molar-refractivity contribution in [3.63, 3.8) is 0 Å². The predicted molar refractivity (Wildman–Crippen MR) is 79.5 cm³/mol. The fourth-order valence-electron chi connectivity index (χ4n) is 0.960. The van der Waals surface area contributed by atoms with Crippen LogP contribution >= 0.6 is 0 Å². The van der Waals surface area contributed by atoms with Crippen LogP contribution in [0.4, 0.5) is 0 Å². The molecule has 0 heterocycles. The van der Waals surface area contributed by atoms with Crippen molar-refractivity contribution in [1.29, 1.82) is 0 Å². The zero-order valence-corrected chi connectivity index (χ0v) is 13.8. The predicted octanol–water partition coefficient (Wildman–Crippen LogP) is 2.65. The first-order valence-corrected chi connectivity index (χ1v) is 9.26. The summed E-state index contributed by atoms with van der Waals surface area (Å²) in [4.78, 5) is 10.8. The number of carbonyl (C=O) groups is 1. The third kappa shape index (κ3) is 7.30. The number of aliphatic hydroxyl groups is 1. The van der Waals surface area contributed by atoms with E-state index in [1.807, 2.05) is 0 Å². The van der Waals surface area contributed by atoms with E-state index in [0.717, 1.165) is 0 Å². The lowest BCUT2D eigenvalue weighted by molar-refractivity contribution is -0.134. The molecule has 5 heteroatoms. The summed E-state index contributed by atoms with van der Waals surface area (Å²) >= 11 is 0. The molecular formula is C14H26O4Si. The molecule has 1 atom stereocenters. The van der Waals surface area contributed by atoms with Gasteiger partial charge in [-0.25, -0.2) is 4.79 Å². The highest BCUT2D eigenvalue weighted by atomic mass is 28.4. The third-order valence-corrected chi connectivity index (χ3v) is 7.80. The highest BCUT2D eigenvalue weighted by molar-refractivity contribution is 6.74. The number of methoxy groups -OCH3 is 1. The summed E-state index contributed by atoms with van der Waals surface area (Å²) in [5, 5.41) is 9.89. The Labute approximate surface area is 117 Å². The van der Waals surface area contributed by atoms with Crippen LogP contribution in [0.25, 0.3) is 0 Å². The molecule has 0 saturated heterocycles. The van der Waals surface area contributed by atoms with E-state index in [2.05, 4.69) is 38.6 Å². The molecule has 0 aromatic carbocycles. The van der Waals surface area contributed by atoms with Crippen molar-refractivity contribution in [1.82, 2.24) is 0 Å². The van der Waals surface area contributed by atoms with Gasteiger partial charge in [0.15, 0.2) is 8.32 Å². The number of hydrogen-bond acceptors (Lipinski definition) is 4. The van der Waals surface area contributed by atoms with Gasteiger partial charge in [0.05, 0.1) is 19.8 Å². The Hall–Kier alpha value is -0.913. The smallest absolute Gasteiger partial charge is 0.330 e. The summed E-state index contributed by atoms with van der Waals surface area (Å²) in [5.74, 6) is -0.420. The van der Waals surface area contributed by atoms with Crippen LogP contribution in [0.2, 0.25) is 18.1 Å². The quantitative estimate of drug-likeness (QED) is 0.353. The standard InChI is InChI=1S/C14H26O4Si/c1-14(2,3)19(5,6)18-11-12(15)9-7-8-10-13(16)17-4/h7-10,12,15H,11H2,1-6H3/b9-7+,10-8+/t12-/m0/s1. The second-order valence-corrected chi connectivity index (χ2v) is 10.7. The van der Waals surface area contributed by atoms with E-state index < -0.39 is 20.4 Å². The lowest BCUT2D eigenvalue weighted by Gasteiger charge is -2.36. The number of aliphatic hydroxyl groups excluding tert-OH is 1. The molecule has 0 unspecified atom stereocenters. The van der Waals surface area contributed by atoms with Crippen LogP contribution in [0.15, 0.2) is 24.3 Å². The van der Waals surface area contributed by atoms with Gasteiger partial charge in [-0.15, -0.1) is 0 Å². The highest BCUT2D eigenvalue weighted by Crippen LogP contribution is 2.36. The normalized spacial score (nSPS) is 15.1. The van der Waals surface area contributed by atoms with Crippen LogP contribution in [0.5, 0.6) is 0 Å². The summed E-state index contributed by atoms with van der Waals surface area (Å²) in [6, 6.07) is 0. The Kier molecular flexibility index (Phi) is 7.26. The molecule has 4 nitrogen and oxygen atoms in total. The van der Waals surface area contributed by atoms with E-state index >= 15 is 0 Å². The molecule has 0 bridgehead atoms. The number of ether oxygens (including phenoxy) is 1.